The van der Waals surface area contributed by atoms with Gasteiger partial charge in [0, 0.05) is 4.47 Å². The van der Waals surface area contributed by atoms with Gasteiger partial charge in [-0.25, -0.2) is 10.2 Å². The topological polar surface area (TPSA) is 106 Å². The van der Waals surface area contributed by atoms with Crippen molar-refractivity contribution in [2.45, 2.75) is 0 Å². The predicted molar refractivity (Wildman–Crippen MR) is 132 cm³/mol. The molecule has 0 aliphatic carbocycles. The zero-order valence-electron chi connectivity index (χ0n) is 17.9. The Morgan fingerprint density at radius 2 is 1.71 bits per heavy atom. The van der Waals surface area contributed by atoms with Gasteiger partial charge in [-0.3, -0.25) is 9.59 Å². The summed E-state index contributed by atoms with van der Waals surface area (Å²) >= 11 is 9.32. The Labute approximate surface area is 209 Å². The minimum absolute atomic E-state index is 0.198. The van der Waals surface area contributed by atoms with Gasteiger partial charge in [0.1, 0.15) is 0 Å². The molecule has 0 unspecified atom stereocenters. The van der Waals surface area contributed by atoms with E-state index >= 15 is 0 Å². The summed E-state index contributed by atoms with van der Waals surface area (Å²) in [7, 11) is 1.43. The number of hydrogen-bond acceptors (Lipinski definition) is 6. The van der Waals surface area contributed by atoms with Gasteiger partial charge in [0.25, 0.3) is 11.8 Å². The van der Waals surface area contributed by atoms with Crippen molar-refractivity contribution in [2.24, 2.45) is 5.10 Å². The van der Waals surface area contributed by atoms with E-state index in [1.165, 1.54) is 19.4 Å². The maximum Gasteiger partial charge on any atom is 0.345 e. The summed E-state index contributed by atoms with van der Waals surface area (Å²) in [4.78, 5) is 36.5. The van der Waals surface area contributed by atoms with Gasteiger partial charge in [0.05, 0.1) is 36.0 Å². The number of esters is 1. The number of carbonyl (C=O) groups is 3. The monoisotopic (exact) mass is 543 g/mol. The quantitative estimate of drug-likeness (QED) is 0.191. The van der Waals surface area contributed by atoms with Gasteiger partial charge < -0.3 is 14.8 Å². The van der Waals surface area contributed by atoms with Crippen LogP contribution in [0.2, 0.25) is 5.02 Å². The zero-order chi connectivity index (χ0) is 24.5. The maximum absolute atomic E-state index is 12.4. The van der Waals surface area contributed by atoms with Gasteiger partial charge in [-0.2, -0.15) is 5.10 Å². The summed E-state index contributed by atoms with van der Waals surface area (Å²) < 4.78 is 11.3. The molecule has 8 nitrogen and oxygen atoms in total. The highest BCUT2D eigenvalue weighted by Gasteiger charge is 2.15. The van der Waals surface area contributed by atoms with Crippen LogP contribution in [0.3, 0.4) is 0 Å². The van der Waals surface area contributed by atoms with Crippen molar-refractivity contribution >= 4 is 51.5 Å². The molecule has 0 radical (unpaired) electrons. The zero-order valence-corrected chi connectivity index (χ0v) is 20.2. The number of nitrogens with zero attached hydrogens (tertiary/aromatic N) is 1. The number of hydrogen-bond donors (Lipinski definition) is 2. The number of amides is 2. The van der Waals surface area contributed by atoms with E-state index in [1.807, 2.05) is 0 Å². The summed E-state index contributed by atoms with van der Waals surface area (Å²) in [5, 5.41) is 6.66. The smallest absolute Gasteiger partial charge is 0.345 e. The van der Waals surface area contributed by atoms with Crippen LogP contribution in [0.5, 0.6) is 11.5 Å². The summed E-state index contributed by atoms with van der Waals surface area (Å²) in [6.07, 6.45) is 1.38. The lowest BCUT2D eigenvalue weighted by Gasteiger charge is -2.10. The van der Waals surface area contributed by atoms with Crippen LogP contribution >= 0.6 is 27.5 Å². The SMILES string of the molecule is COc1cc(C=NNC(=O)CNC(=O)c2ccccc2Br)ccc1OC(=O)c1ccccc1Cl. The van der Waals surface area contributed by atoms with Crippen molar-refractivity contribution in [1.29, 1.82) is 0 Å². The van der Waals surface area contributed by atoms with Crippen molar-refractivity contribution in [3.63, 3.8) is 0 Å². The van der Waals surface area contributed by atoms with Crippen molar-refractivity contribution in [2.75, 3.05) is 13.7 Å². The molecule has 2 amide bonds. The number of hydrazone groups is 1. The predicted octanol–water partition coefficient (Wildman–Crippen LogP) is 4.21. The van der Waals surface area contributed by atoms with Gasteiger partial charge in [0.2, 0.25) is 0 Å². The highest BCUT2D eigenvalue weighted by molar-refractivity contribution is 9.10. The molecular weight excluding hydrogens is 526 g/mol. The molecule has 3 aromatic rings. The molecule has 3 aromatic carbocycles. The lowest BCUT2D eigenvalue weighted by molar-refractivity contribution is -0.120. The average Bonchev–Trinajstić information content (AvgIpc) is 2.83. The summed E-state index contributed by atoms with van der Waals surface area (Å²) in [6, 6.07) is 18.2. The number of rotatable bonds is 8. The lowest BCUT2D eigenvalue weighted by Crippen LogP contribution is -2.35. The second-order valence-corrected chi connectivity index (χ2v) is 8.00. The van der Waals surface area contributed by atoms with Crippen LogP contribution in [0.15, 0.2) is 76.3 Å². The van der Waals surface area contributed by atoms with Gasteiger partial charge >= 0.3 is 5.97 Å². The summed E-state index contributed by atoms with van der Waals surface area (Å²) in [5.74, 6) is -1.03. The third-order valence-corrected chi connectivity index (χ3v) is 5.44. The number of halogens is 2. The minimum atomic E-state index is -0.623. The molecule has 0 saturated heterocycles. The molecule has 0 aliphatic heterocycles. The second-order valence-electron chi connectivity index (χ2n) is 6.74. The van der Waals surface area contributed by atoms with Crippen LogP contribution in [-0.4, -0.2) is 37.7 Å². The molecule has 10 heteroatoms. The fraction of sp³-hybridized carbons (Fsp3) is 0.0833. The van der Waals surface area contributed by atoms with E-state index in [9.17, 15) is 14.4 Å². The van der Waals surface area contributed by atoms with Crippen molar-refractivity contribution < 1.29 is 23.9 Å². The molecule has 174 valence electrons. The fourth-order valence-corrected chi connectivity index (χ4v) is 3.43. The summed E-state index contributed by atoms with van der Waals surface area (Å²) in [6.45, 7) is -0.252. The van der Waals surface area contributed by atoms with Crippen LogP contribution in [-0.2, 0) is 4.79 Å². The van der Waals surface area contributed by atoms with Crippen molar-refractivity contribution in [3.8, 4) is 11.5 Å². The number of methoxy groups -OCH3 is 1. The fourth-order valence-electron chi connectivity index (χ4n) is 2.75. The third kappa shape index (κ3) is 6.66. The molecule has 0 saturated carbocycles. The highest BCUT2D eigenvalue weighted by Crippen LogP contribution is 2.29. The normalized spacial score (nSPS) is 10.6. The molecule has 2 N–H and O–H groups in total. The Morgan fingerprint density at radius 3 is 2.41 bits per heavy atom. The molecule has 34 heavy (non-hydrogen) atoms. The number of carbonyl (C=O) groups excluding carboxylic acids is 3. The molecular formula is C24H19BrClN3O5. The van der Waals surface area contributed by atoms with Gasteiger partial charge in [-0.05, 0) is 64.0 Å². The minimum Gasteiger partial charge on any atom is -0.493 e. The van der Waals surface area contributed by atoms with E-state index in [0.29, 0.717) is 15.6 Å². The van der Waals surface area contributed by atoms with Gasteiger partial charge in [0.15, 0.2) is 11.5 Å². The second kappa shape index (κ2) is 12.0. The third-order valence-electron chi connectivity index (χ3n) is 4.41. The first-order valence-electron chi connectivity index (χ1n) is 9.88. The largest absolute Gasteiger partial charge is 0.493 e. The van der Waals surface area contributed by atoms with Gasteiger partial charge in [-0.1, -0.05) is 35.9 Å². The molecule has 0 heterocycles. The van der Waals surface area contributed by atoms with Crippen LogP contribution < -0.4 is 20.2 Å². The van der Waals surface area contributed by atoms with Crippen molar-refractivity contribution in [1.82, 2.24) is 10.7 Å². The first kappa shape index (κ1) is 24.9. The molecule has 0 bridgehead atoms. The van der Waals surface area contributed by atoms with Crippen LogP contribution in [0, 0.1) is 0 Å². The standard InChI is InChI=1S/C24H19BrClN3O5/c1-33-21-12-15(10-11-20(21)34-24(32)17-7-3-5-9-19(17)26)13-28-29-22(30)14-27-23(31)16-6-2-4-8-18(16)25/h2-13H,14H2,1H3,(H,27,31)(H,29,30). The first-order valence-corrected chi connectivity index (χ1v) is 11.1. The molecule has 0 fully saturated rings. The Hall–Kier alpha value is -3.69. The van der Waals surface area contributed by atoms with E-state index in [-0.39, 0.29) is 28.6 Å². The number of nitrogens with one attached hydrogen (secondary N) is 2. The molecule has 0 atom stereocenters. The number of ether oxygens (including phenoxy) is 2. The first-order chi connectivity index (χ1) is 16.4. The Kier molecular flexibility index (Phi) is 8.78. The van der Waals surface area contributed by atoms with E-state index in [4.69, 9.17) is 21.1 Å². The molecule has 0 aliphatic rings. The molecule has 0 aromatic heterocycles. The number of benzene rings is 3. The lowest BCUT2D eigenvalue weighted by atomic mass is 10.2. The highest BCUT2D eigenvalue weighted by atomic mass is 79.9. The molecule has 3 rings (SSSR count). The van der Waals surface area contributed by atoms with Crippen LogP contribution in [0.4, 0.5) is 0 Å². The summed E-state index contributed by atoms with van der Waals surface area (Å²) in [5.41, 5.74) is 3.55. The maximum atomic E-state index is 12.4. The average molecular weight is 545 g/mol. The van der Waals surface area contributed by atoms with Crippen LogP contribution in [0.1, 0.15) is 26.3 Å². The Balaban J connectivity index is 1.56. The van der Waals surface area contributed by atoms with E-state index < -0.39 is 17.8 Å². The van der Waals surface area contributed by atoms with E-state index in [2.05, 4.69) is 31.8 Å². The molecule has 0 spiro atoms. The van der Waals surface area contributed by atoms with Crippen LogP contribution in [0.25, 0.3) is 0 Å². The van der Waals surface area contributed by atoms with E-state index in [1.54, 1.807) is 60.7 Å². The Bertz CT molecular complexity index is 1250. The van der Waals surface area contributed by atoms with E-state index in [0.717, 1.165) is 0 Å². The van der Waals surface area contributed by atoms with Crippen molar-refractivity contribution in [3.05, 3.63) is 92.9 Å². The Morgan fingerprint density at radius 1 is 1.00 bits per heavy atom. The van der Waals surface area contributed by atoms with Gasteiger partial charge in [-0.15, -0.1) is 0 Å².